The minimum Gasteiger partial charge on any atom is -0.372 e. The van der Waals surface area contributed by atoms with Gasteiger partial charge in [-0.25, -0.2) is 0 Å². The molecule has 0 bridgehead atoms. The maximum atomic E-state index is 3.64. The quantitative estimate of drug-likeness (QED) is 0.391. The molecular weight excluding hydrogens is 362 g/mol. The van der Waals surface area contributed by atoms with Gasteiger partial charge in [0.05, 0.1) is 11.4 Å². The summed E-state index contributed by atoms with van der Waals surface area (Å²) in [5.74, 6) is 0. The minimum absolute atomic E-state index is 1.12. The fourth-order valence-electron chi connectivity index (χ4n) is 3.87. The summed E-state index contributed by atoms with van der Waals surface area (Å²) >= 11 is 1.90. The van der Waals surface area contributed by atoms with E-state index in [1.165, 1.54) is 58.2 Å². The molecule has 3 nitrogen and oxygen atoms in total. The summed E-state index contributed by atoms with van der Waals surface area (Å²) in [5, 5.41) is 3.64. The highest BCUT2D eigenvalue weighted by atomic mass is 32.2. The topological polar surface area (TPSA) is 18.5 Å². The molecule has 2 aromatic carbocycles. The van der Waals surface area contributed by atoms with Gasteiger partial charge in [-0.2, -0.15) is 0 Å². The zero-order valence-electron chi connectivity index (χ0n) is 17.9. The van der Waals surface area contributed by atoms with Crippen molar-refractivity contribution >= 4 is 34.5 Å². The Morgan fingerprint density at radius 2 is 1.04 bits per heavy atom. The molecule has 0 fully saturated rings. The Balaban J connectivity index is 1.85. The maximum absolute atomic E-state index is 3.64. The van der Waals surface area contributed by atoms with Gasteiger partial charge < -0.3 is 15.1 Å². The van der Waals surface area contributed by atoms with Crippen molar-refractivity contribution in [1.82, 2.24) is 0 Å². The van der Waals surface area contributed by atoms with Gasteiger partial charge in [0.1, 0.15) is 0 Å². The molecule has 0 radical (unpaired) electrons. The normalized spacial score (nSPS) is 12.1. The lowest BCUT2D eigenvalue weighted by Gasteiger charge is -2.28. The number of rotatable bonds is 10. The van der Waals surface area contributed by atoms with Crippen LogP contribution >= 0.6 is 11.8 Å². The number of hydrogen-bond acceptors (Lipinski definition) is 4. The lowest BCUT2D eigenvalue weighted by molar-refractivity contribution is 0.744. The van der Waals surface area contributed by atoms with Gasteiger partial charge in [0.2, 0.25) is 0 Å². The molecule has 152 valence electrons. The molecule has 1 heterocycles. The second-order valence-corrected chi connectivity index (χ2v) is 8.65. The van der Waals surface area contributed by atoms with Crippen molar-refractivity contribution in [3.8, 4) is 0 Å². The lowest BCUT2D eigenvalue weighted by Crippen LogP contribution is -2.25. The molecule has 0 spiro atoms. The van der Waals surface area contributed by atoms with Crippen molar-refractivity contribution in [2.75, 3.05) is 41.3 Å². The average molecular weight is 398 g/mol. The zero-order valence-corrected chi connectivity index (χ0v) is 18.7. The van der Waals surface area contributed by atoms with Crippen molar-refractivity contribution in [3.63, 3.8) is 0 Å². The standard InChI is InChI=1S/C24H35N3S/c1-5-13-26(14-6-2)19-9-11-21-23(17-19)28-24-18-20(10-12-22(24)25-21)27(15-7-3)16-8-4/h9-12,17-18,25H,5-8,13-16H2,1-4H3. The van der Waals surface area contributed by atoms with Crippen LogP contribution < -0.4 is 15.1 Å². The molecule has 28 heavy (non-hydrogen) atoms. The zero-order chi connectivity index (χ0) is 19.9. The molecular formula is C24H35N3S. The first kappa shape index (κ1) is 20.9. The maximum Gasteiger partial charge on any atom is 0.0527 e. The van der Waals surface area contributed by atoms with Crippen molar-refractivity contribution in [2.45, 2.75) is 63.2 Å². The highest BCUT2D eigenvalue weighted by molar-refractivity contribution is 7.99. The third kappa shape index (κ3) is 4.78. The van der Waals surface area contributed by atoms with Crippen LogP contribution in [0.1, 0.15) is 53.4 Å². The average Bonchev–Trinajstić information content (AvgIpc) is 2.71. The Hall–Kier alpha value is -1.81. The molecule has 1 N–H and O–H groups in total. The second-order valence-electron chi connectivity index (χ2n) is 7.56. The fourth-order valence-corrected chi connectivity index (χ4v) is 4.93. The molecule has 2 aromatic rings. The molecule has 0 atom stereocenters. The molecule has 0 aromatic heterocycles. The SMILES string of the molecule is CCCN(CCC)c1ccc2c(c1)Sc1cc(N(CCC)CCC)ccc1N2. The first-order valence-corrected chi connectivity index (χ1v) is 11.7. The van der Waals surface area contributed by atoms with Crippen LogP contribution in [0.5, 0.6) is 0 Å². The Bertz CT molecular complexity index is 699. The van der Waals surface area contributed by atoms with E-state index in [9.17, 15) is 0 Å². The van der Waals surface area contributed by atoms with Gasteiger partial charge in [0.15, 0.2) is 0 Å². The van der Waals surface area contributed by atoms with E-state index in [1.807, 2.05) is 11.8 Å². The Labute approximate surface area is 175 Å². The second kappa shape index (κ2) is 10.1. The molecule has 0 aliphatic carbocycles. The molecule has 0 saturated carbocycles. The molecule has 4 heteroatoms. The van der Waals surface area contributed by atoms with Crippen LogP contribution in [0.2, 0.25) is 0 Å². The summed E-state index contributed by atoms with van der Waals surface area (Å²) in [5.41, 5.74) is 5.13. The van der Waals surface area contributed by atoms with Gasteiger partial charge in [-0.3, -0.25) is 0 Å². The van der Waals surface area contributed by atoms with Gasteiger partial charge in [0.25, 0.3) is 0 Å². The van der Waals surface area contributed by atoms with E-state index >= 15 is 0 Å². The summed E-state index contributed by atoms with van der Waals surface area (Å²) in [4.78, 5) is 7.68. The van der Waals surface area contributed by atoms with Crippen molar-refractivity contribution in [1.29, 1.82) is 0 Å². The molecule has 3 rings (SSSR count). The number of anilines is 4. The number of nitrogens with one attached hydrogen (secondary N) is 1. The van der Waals surface area contributed by atoms with Gasteiger partial charge in [-0.05, 0) is 62.1 Å². The Morgan fingerprint density at radius 1 is 0.643 bits per heavy atom. The summed E-state index contributed by atoms with van der Waals surface area (Å²) in [6.07, 6.45) is 4.72. The Kier molecular flexibility index (Phi) is 7.55. The van der Waals surface area contributed by atoms with Crippen molar-refractivity contribution < 1.29 is 0 Å². The first-order chi connectivity index (χ1) is 13.7. The summed E-state index contributed by atoms with van der Waals surface area (Å²) in [6.45, 7) is 13.5. The van der Waals surface area contributed by atoms with E-state index in [-0.39, 0.29) is 0 Å². The van der Waals surface area contributed by atoms with Gasteiger partial charge in [-0.15, -0.1) is 0 Å². The Morgan fingerprint density at radius 3 is 1.39 bits per heavy atom. The number of nitrogens with zero attached hydrogens (tertiary/aromatic N) is 2. The number of hydrogen-bond donors (Lipinski definition) is 1. The predicted molar refractivity (Wildman–Crippen MR) is 126 cm³/mol. The third-order valence-corrected chi connectivity index (χ3v) is 6.24. The fraction of sp³-hybridized carbons (Fsp3) is 0.500. The lowest BCUT2D eigenvalue weighted by atomic mass is 10.2. The number of fused-ring (bicyclic) bond motifs is 2. The molecule has 1 aliphatic heterocycles. The molecule has 0 saturated heterocycles. The van der Waals surface area contributed by atoms with Crippen LogP contribution in [0, 0.1) is 0 Å². The number of benzene rings is 2. The first-order valence-electron chi connectivity index (χ1n) is 10.9. The molecule has 0 unspecified atom stereocenters. The van der Waals surface area contributed by atoms with Crippen LogP contribution in [0.15, 0.2) is 46.2 Å². The van der Waals surface area contributed by atoms with Crippen LogP contribution in [-0.4, -0.2) is 26.2 Å². The van der Waals surface area contributed by atoms with Crippen LogP contribution in [0.3, 0.4) is 0 Å². The summed E-state index contributed by atoms with van der Waals surface area (Å²) in [6, 6.07) is 13.7. The van der Waals surface area contributed by atoms with Gasteiger partial charge in [-0.1, -0.05) is 39.5 Å². The predicted octanol–water partition coefficient (Wildman–Crippen LogP) is 7.15. The smallest absolute Gasteiger partial charge is 0.0527 e. The van der Waals surface area contributed by atoms with E-state index in [0.717, 1.165) is 26.2 Å². The minimum atomic E-state index is 1.12. The van der Waals surface area contributed by atoms with Crippen molar-refractivity contribution in [3.05, 3.63) is 36.4 Å². The summed E-state index contributed by atoms with van der Waals surface area (Å²) in [7, 11) is 0. The van der Waals surface area contributed by atoms with E-state index in [1.54, 1.807) is 0 Å². The molecule has 1 aliphatic rings. The van der Waals surface area contributed by atoms with Crippen molar-refractivity contribution in [2.24, 2.45) is 0 Å². The molecule has 0 amide bonds. The summed E-state index contributed by atoms with van der Waals surface area (Å²) < 4.78 is 0. The monoisotopic (exact) mass is 397 g/mol. The van der Waals surface area contributed by atoms with Gasteiger partial charge >= 0.3 is 0 Å². The van der Waals surface area contributed by atoms with E-state index in [2.05, 4.69) is 79.2 Å². The van der Waals surface area contributed by atoms with Crippen LogP contribution in [0.25, 0.3) is 0 Å². The van der Waals surface area contributed by atoms with E-state index < -0.39 is 0 Å². The van der Waals surface area contributed by atoms with Crippen LogP contribution in [0.4, 0.5) is 22.7 Å². The van der Waals surface area contributed by atoms with E-state index in [4.69, 9.17) is 0 Å². The third-order valence-electron chi connectivity index (χ3n) is 5.12. The highest BCUT2D eigenvalue weighted by Crippen LogP contribution is 2.46. The largest absolute Gasteiger partial charge is 0.372 e. The van der Waals surface area contributed by atoms with Gasteiger partial charge in [0, 0.05) is 47.3 Å². The highest BCUT2D eigenvalue weighted by Gasteiger charge is 2.19. The van der Waals surface area contributed by atoms with Crippen LogP contribution in [-0.2, 0) is 0 Å². The van der Waals surface area contributed by atoms with E-state index in [0.29, 0.717) is 0 Å².